The molecule has 4 rings (SSSR count). The van der Waals surface area contributed by atoms with Gasteiger partial charge in [-0.3, -0.25) is 9.59 Å². The van der Waals surface area contributed by atoms with E-state index in [4.69, 9.17) is 14.0 Å². The van der Waals surface area contributed by atoms with E-state index < -0.39 is 5.97 Å². The number of pyridine rings is 1. The number of ether oxygens (including phenoxy) is 2. The molecule has 3 aromatic rings. The number of carbonyl (C=O) groups excluding carboxylic acids is 2. The Labute approximate surface area is 201 Å². The van der Waals surface area contributed by atoms with Gasteiger partial charge in [-0.15, -0.1) is 0 Å². The highest BCUT2D eigenvalue weighted by molar-refractivity contribution is 5.94. The molecule has 0 fully saturated rings. The van der Waals surface area contributed by atoms with E-state index in [1.807, 2.05) is 6.92 Å². The van der Waals surface area contributed by atoms with E-state index in [0.717, 1.165) is 0 Å². The maximum atomic E-state index is 13.9. The van der Waals surface area contributed by atoms with Crippen molar-refractivity contribution in [2.24, 2.45) is 0 Å². The molecule has 0 aliphatic carbocycles. The van der Waals surface area contributed by atoms with Crippen LogP contribution in [0.4, 0.5) is 4.39 Å². The van der Waals surface area contributed by atoms with Crippen LogP contribution in [-0.2, 0) is 30.5 Å². The lowest BCUT2D eigenvalue weighted by Crippen LogP contribution is -2.34. The Morgan fingerprint density at radius 3 is 2.69 bits per heavy atom. The van der Waals surface area contributed by atoms with E-state index in [1.165, 1.54) is 23.8 Å². The van der Waals surface area contributed by atoms with Gasteiger partial charge in [-0.1, -0.05) is 30.3 Å². The molecule has 184 valence electrons. The van der Waals surface area contributed by atoms with Gasteiger partial charge in [-0.25, -0.2) is 9.18 Å². The Bertz CT molecular complexity index is 1300. The van der Waals surface area contributed by atoms with E-state index in [-0.39, 0.29) is 73.4 Å². The fourth-order valence-corrected chi connectivity index (χ4v) is 4.10. The number of nitrogens with zero attached hydrogens (tertiary/aromatic N) is 3. The van der Waals surface area contributed by atoms with E-state index in [2.05, 4.69) is 5.16 Å². The highest BCUT2D eigenvalue weighted by atomic mass is 19.1. The van der Waals surface area contributed by atoms with Crippen LogP contribution in [0.3, 0.4) is 0 Å². The van der Waals surface area contributed by atoms with E-state index in [1.54, 1.807) is 29.2 Å². The zero-order valence-electron chi connectivity index (χ0n) is 19.6. The second-order valence-electron chi connectivity index (χ2n) is 8.08. The number of hydrogen-bond donors (Lipinski definition) is 0. The third-order valence-electron chi connectivity index (χ3n) is 5.98. The van der Waals surface area contributed by atoms with Gasteiger partial charge in [0.1, 0.15) is 22.9 Å². The Hall–Kier alpha value is -3.95. The molecule has 0 saturated carbocycles. The Kier molecular flexibility index (Phi) is 7.28. The van der Waals surface area contributed by atoms with Crippen LogP contribution in [0.1, 0.15) is 44.8 Å². The molecular formula is C25H26FN3O6. The van der Waals surface area contributed by atoms with Crippen molar-refractivity contribution < 1.29 is 28.0 Å². The zero-order valence-corrected chi connectivity index (χ0v) is 19.6. The first-order chi connectivity index (χ1) is 16.9. The third kappa shape index (κ3) is 5.11. The van der Waals surface area contributed by atoms with Gasteiger partial charge in [-0.2, -0.15) is 0 Å². The minimum absolute atomic E-state index is 0.0599. The molecule has 0 saturated heterocycles. The first-order valence-electron chi connectivity index (χ1n) is 11.4. The van der Waals surface area contributed by atoms with Crippen molar-refractivity contribution in [3.63, 3.8) is 0 Å². The monoisotopic (exact) mass is 483 g/mol. The lowest BCUT2D eigenvalue weighted by Gasteiger charge is -2.18. The summed E-state index contributed by atoms with van der Waals surface area (Å²) in [5, 5.41) is 3.84. The largest absolute Gasteiger partial charge is 0.492 e. The van der Waals surface area contributed by atoms with Crippen LogP contribution >= 0.6 is 0 Å². The number of esters is 1. The number of benzene rings is 1. The summed E-state index contributed by atoms with van der Waals surface area (Å²) in [6, 6.07) is 9.17. The SMILES string of the molecule is CCc1cc(C(=O)N2CCc3c(C(=O)OC)c(OCCc4ccccc4F)cc(=O)n3CC2)no1. The van der Waals surface area contributed by atoms with E-state index in [0.29, 0.717) is 23.4 Å². The first-order valence-corrected chi connectivity index (χ1v) is 11.4. The first kappa shape index (κ1) is 24.2. The molecule has 3 heterocycles. The highest BCUT2D eigenvalue weighted by Crippen LogP contribution is 2.25. The van der Waals surface area contributed by atoms with Gasteiger partial charge >= 0.3 is 5.97 Å². The molecule has 0 atom stereocenters. The standard InChI is InChI=1S/C25H26FN3O6/c1-3-17-14-19(27-35-17)24(31)28-10-8-20-23(25(32)33-2)21(15-22(30)29(20)12-11-28)34-13-9-16-6-4-5-7-18(16)26/h4-7,14-15H,3,8-13H2,1-2H3. The van der Waals surface area contributed by atoms with Crippen molar-refractivity contribution in [1.82, 2.24) is 14.6 Å². The van der Waals surface area contributed by atoms with Gasteiger partial charge in [0.15, 0.2) is 5.69 Å². The Morgan fingerprint density at radius 1 is 1.17 bits per heavy atom. The number of amides is 1. The van der Waals surface area contributed by atoms with Crippen LogP contribution in [0.2, 0.25) is 0 Å². The normalized spacial score (nSPS) is 13.2. The smallest absolute Gasteiger partial charge is 0.343 e. The number of aromatic nitrogens is 2. The van der Waals surface area contributed by atoms with Crippen molar-refractivity contribution in [3.05, 3.63) is 80.8 Å². The van der Waals surface area contributed by atoms with Crippen LogP contribution in [0.15, 0.2) is 45.7 Å². The minimum atomic E-state index is -0.654. The Morgan fingerprint density at radius 2 is 1.97 bits per heavy atom. The van der Waals surface area contributed by atoms with Crippen molar-refractivity contribution in [2.75, 3.05) is 26.8 Å². The summed E-state index contributed by atoms with van der Waals surface area (Å²) in [4.78, 5) is 40.1. The molecule has 9 nitrogen and oxygen atoms in total. The van der Waals surface area contributed by atoms with Crippen molar-refractivity contribution in [1.29, 1.82) is 0 Å². The number of hydrogen-bond acceptors (Lipinski definition) is 7. The van der Waals surface area contributed by atoms with Crippen LogP contribution in [-0.4, -0.2) is 53.3 Å². The highest BCUT2D eigenvalue weighted by Gasteiger charge is 2.28. The molecule has 10 heteroatoms. The number of methoxy groups -OCH3 is 1. The molecule has 1 aliphatic heterocycles. The molecule has 2 aromatic heterocycles. The third-order valence-corrected chi connectivity index (χ3v) is 5.98. The predicted octanol–water partition coefficient (Wildman–Crippen LogP) is 2.64. The van der Waals surface area contributed by atoms with Crippen LogP contribution < -0.4 is 10.3 Å². The molecule has 35 heavy (non-hydrogen) atoms. The molecule has 1 amide bonds. The number of halogens is 1. The second-order valence-corrected chi connectivity index (χ2v) is 8.08. The number of fused-ring (bicyclic) bond motifs is 1. The molecule has 0 spiro atoms. The quantitative estimate of drug-likeness (QED) is 0.476. The van der Waals surface area contributed by atoms with Gasteiger partial charge in [0.25, 0.3) is 11.5 Å². The van der Waals surface area contributed by atoms with Crippen molar-refractivity contribution in [3.8, 4) is 5.75 Å². The summed E-state index contributed by atoms with van der Waals surface area (Å²) in [5.41, 5.74) is 0.856. The van der Waals surface area contributed by atoms with Gasteiger partial charge in [0, 0.05) is 56.7 Å². The van der Waals surface area contributed by atoms with Crippen LogP contribution in [0.5, 0.6) is 5.75 Å². The predicted molar refractivity (Wildman–Crippen MR) is 123 cm³/mol. The topological polar surface area (TPSA) is 104 Å². The fraction of sp³-hybridized carbons (Fsp3) is 0.360. The van der Waals surface area contributed by atoms with Crippen LogP contribution in [0.25, 0.3) is 0 Å². The fourth-order valence-electron chi connectivity index (χ4n) is 4.10. The molecule has 0 bridgehead atoms. The lowest BCUT2D eigenvalue weighted by molar-refractivity contribution is 0.0593. The van der Waals surface area contributed by atoms with Crippen LogP contribution in [0, 0.1) is 5.82 Å². The van der Waals surface area contributed by atoms with E-state index >= 15 is 0 Å². The number of carbonyl (C=O) groups is 2. The lowest BCUT2D eigenvalue weighted by atomic mass is 10.1. The van der Waals surface area contributed by atoms with Gasteiger partial charge in [0.2, 0.25) is 0 Å². The minimum Gasteiger partial charge on any atom is -0.492 e. The van der Waals surface area contributed by atoms with Crippen molar-refractivity contribution >= 4 is 11.9 Å². The summed E-state index contributed by atoms with van der Waals surface area (Å²) in [7, 11) is 1.25. The second kappa shape index (κ2) is 10.5. The van der Waals surface area contributed by atoms with E-state index in [9.17, 15) is 18.8 Å². The molecule has 0 radical (unpaired) electrons. The van der Waals surface area contributed by atoms with Gasteiger partial charge < -0.3 is 23.5 Å². The summed E-state index contributed by atoms with van der Waals surface area (Å²) in [6.07, 6.45) is 1.10. The van der Waals surface area contributed by atoms with Gasteiger partial charge in [0.05, 0.1) is 13.7 Å². The number of aryl methyl sites for hydroxylation is 1. The summed E-state index contributed by atoms with van der Waals surface area (Å²) < 4.78 is 31.3. The summed E-state index contributed by atoms with van der Waals surface area (Å²) in [6.45, 7) is 2.67. The van der Waals surface area contributed by atoms with Gasteiger partial charge in [-0.05, 0) is 11.6 Å². The maximum Gasteiger partial charge on any atom is 0.343 e. The Balaban J connectivity index is 1.58. The summed E-state index contributed by atoms with van der Waals surface area (Å²) in [5.74, 6) is -0.635. The van der Waals surface area contributed by atoms with Crippen molar-refractivity contribution in [2.45, 2.75) is 32.7 Å². The molecule has 0 N–H and O–H groups in total. The molecule has 1 aliphatic rings. The average Bonchev–Trinajstić information content (AvgIpc) is 3.24. The summed E-state index contributed by atoms with van der Waals surface area (Å²) >= 11 is 0. The zero-order chi connectivity index (χ0) is 24.9. The molecular weight excluding hydrogens is 457 g/mol. The number of rotatable bonds is 7. The molecule has 0 unspecified atom stereocenters. The average molecular weight is 483 g/mol. The molecule has 1 aromatic carbocycles. The maximum absolute atomic E-state index is 13.9.